The second-order valence-corrected chi connectivity index (χ2v) is 5.34. The van der Waals surface area contributed by atoms with Gasteiger partial charge >= 0.3 is 5.69 Å². The molecule has 8 nitrogen and oxygen atoms in total. The highest BCUT2D eigenvalue weighted by Gasteiger charge is 2.24. The molecule has 0 bridgehead atoms. The molecular formula is C13H19N5O3. The first-order valence-corrected chi connectivity index (χ1v) is 6.86. The van der Waals surface area contributed by atoms with Crippen LogP contribution in [0.5, 0.6) is 0 Å². The first kappa shape index (κ1) is 15.0. The van der Waals surface area contributed by atoms with Gasteiger partial charge in [-0.3, -0.25) is 10.1 Å². The van der Waals surface area contributed by atoms with Gasteiger partial charge in [-0.15, -0.1) is 0 Å². The number of rotatable bonds is 5. The summed E-state index contributed by atoms with van der Waals surface area (Å²) in [6.07, 6.45) is 6.12. The molecule has 21 heavy (non-hydrogen) atoms. The van der Waals surface area contributed by atoms with Gasteiger partial charge in [0.05, 0.1) is 4.92 Å². The Labute approximate surface area is 122 Å². The number of pyridine rings is 1. The lowest BCUT2D eigenvalue weighted by atomic mass is 10.1. The van der Waals surface area contributed by atoms with E-state index in [-0.39, 0.29) is 17.1 Å². The van der Waals surface area contributed by atoms with E-state index < -0.39 is 4.92 Å². The Morgan fingerprint density at radius 2 is 2.29 bits per heavy atom. The first-order valence-electron chi connectivity index (χ1n) is 6.86. The van der Waals surface area contributed by atoms with Crippen molar-refractivity contribution < 1.29 is 10.1 Å². The van der Waals surface area contributed by atoms with Crippen molar-refractivity contribution in [3.05, 3.63) is 27.9 Å². The summed E-state index contributed by atoms with van der Waals surface area (Å²) in [5.74, 6) is 0.664. The van der Waals surface area contributed by atoms with Crippen LogP contribution in [0.25, 0.3) is 0 Å². The average molecular weight is 293 g/mol. The molecule has 0 atom stereocenters. The largest absolute Gasteiger partial charge is 0.409 e. The van der Waals surface area contributed by atoms with Gasteiger partial charge in [0, 0.05) is 31.4 Å². The van der Waals surface area contributed by atoms with Gasteiger partial charge in [0.15, 0.2) is 5.84 Å². The van der Waals surface area contributed by atoms with E-state index in [9.17, 15) is 10.1 Å². The summed E-state index contributed by atoms with van der Waals surface area (Å²) in [6.45, 7) is 0.747. The number of anilines is 1. The van der Waals surface area contributed by atoms with Crippen LogP contribution in [0, 0.1) is 16.0 Å². The molecule has 114 valence electrons. The zero-order valence-corrected chi connectivity index (χ0v) is 11.9. The van der Waals surface area contributed by atoms with E-state index in [0.29, 0.717) is 11.7 Å². The van der Waals surface area contributed by atoms with Gasteiger partial charge in [0.2, 0.25) is 5.82 Å². The minimum absolute atomic E-state index is 0.139. The predicted molar refractivity (Wildman–Crippen MR) is 78.6 cm³/mol. The van der Waals surface area contributed by atoms with Gasteiger partial charge < -0.3 is 15.8 Å². The molecule has 0 aliphatic heterocycles. The second kappa shape index (κ2) is 6.38. The Hall–Kier alpha value is -2.38. The van der Waals surface area contributed by atoms with Crippen molar-refractivity contribution in [2.75, 3.05) is 18.5 Å². The number of hydrogen-bond donors (Lipinski definition) is 2. The number of aromatic nitrogens is 1. The zero-order chi connectivity index (χ0) is 15.4. The summed E-state index contributed by atoms with van der Waals surface area (Å²) < 4.78 is 0. The van der Waals surface area contributed by atoms with Crippen molar-refractivity contribution in [3.63, 3.8) is 0 Å². The highest BCUT2D eigenvalue weighted by atomic mass is 16.6. The Morgan fingerprint density at radius 1 is 1.62 bits per heavy atom. The van der Waals surface area contributed by atoms with Crippen LogP contribution in [-0.2, 0) is 0 Å². The van der Waals surface area contributed by atoms with Gasteiger partial charge in [-0.05, 0) is 18.8 Å². The Bertz CT molecular complexity index is 555. The third kappa shape index (κ3) is 3.39. The maximum absolute atomic E-state index is 11.2. The van der Waals surface area contributed by atoms with E-state index >= 15 is 0 Å². The lowest BCUT2D eigenvalue weighted by Crippen LogP contribution is -2.26. The molecule has 0 aromatic carbocycles. The van der Waals surface area contributed by atoms with Gasteiger partial charge in [0.1, 0.15) is 0 Å². The van der Waals surface area contributed by atoms with Crippen molar-refractivity contribution in [1.82, 2.24) is 4.98 Å². The number of nitrogens with zero attached hydrogens (tertiary/aromatic N) is 4. The molecular weight excluding hydrogens is 274 g/mol. The lowest BCUT2D eigenvalue weighted by Gasteiger charge is -2.21. The highest BCUT2D eigenvalue weighted by Crippen LogP contribution is 2.30. The molecule has 0 spiro atoms. The first-order chi connectivity index (χ1) is 10.0. The fourth-order valence-corrected chi connectivity index (χ4v) is 2.74. The maximum atomic E-state index is 11.2. The maximum Gasteiger partial charge on any atom is 0.312 e. The standard InChI is InChI=1S/C13H19N5O3/c1-17(8-9-4-2-3-5-9)13-11(18(20)21)6-10(7-15-13)12(14)16-19/h6-7,9,19H,2-5,8H2,1H3,(H2,14,16). The molecule has 0 radical (unpaired) electrons. The second-order valence-electron chi connectivity index (χ2n) is 5.34. The summed E-state index contributed by atoms with van der Waals surface area (Å²) in [6, 6.07) is 1.28. The van der Waals surface area contributed by atoms with Crippen LogP contribution in [0.3, 0.4) is 0 Å². The fourth-order valence-electron chi connectivity index (χ4n) is 2.74. The van der Waals surface area contributed by atoms with Crippen LogP contribution in [0.1, 0.15) is 31.2 Å². The van der Waals surface area contributed by atoms with Crippen molar-refractivity contribution in [2.45, 2.75) is 25.7 Å². The fraction of sp³-hybridized carbons (Fsp3) is 0.538. The number of nitro groups is 1. The van der Waals surface area contributed by atoms with Crippen molar-refractivity contribution in [3.8, 4) is 0 Å². The molecule has 0 amide bonds. The van der Waals surface area contributed by atoms with Gasteiger partial charge in [-0.1, -0.05) is 18.0 Å². The number of amidine groups is 1. The normalized spacial score (nSPS) is 16.1. The SMILES string of the molecule is CN(CC1CCCC1)c1ncc(C(N)=NO)cc1[N+](=O)[O-]. The lowest BCUT2D eigenvalue weighted by molar-refractivity contribution is -0.384. The van der Waals surface area contributed by atoms with E-state index in [1.54, 1.807) is 7.05 Å². The van der Waals surface area contributed by atoms with E-state index in [1.165, 1.54) is 25.1 Å². The van der Waals surface area contributed by atoms with Crippen molar-refractivity contribution in [2.24, 2.45) is 16.8 Å². The zero-order valence-electron chi connectivity index (χ0n) is 11.9. The highest BCUT2D eigenvalue weighted by molar-refractivity contribution is 5.97. The number of oxime groups is 1. The van der Waals surface area contributed by atoms with E-state index in [2.05, 4.69) is 10.1 Å². The van der Waals surface area contributed by atoms with Gasteiger partial charge in [0.25, 0.3) is 0 Å². The Balaban J connectivity index is 2.27. The molecule has 1 fully saturated rings. The summed E-state index contributed by atoms with van der Waals surface area (Å²) in [5.41, 5.74) is 5.53. The van der Waals surface area contributed by atoms with E-state index in [1.807, 2.05) is 4.90 Å². The van der Waals surface area contributed by atoms with Crippen LogP contribution >= 0.6 is 0 Å². The molecule has 0 saturated heterocycles. The van der Waals surface area contributed by atoms with Crippen LogP contribution in [-0.4, -0.2) is 34.5 Å². The van der Waals surface area contributed by atoms with E-state index in [4.69, 9.17) is 10.9 Å². The quantitative estimate of drug-likeness (QED) is 0.280. The van der Waals surface area contributed by atoms with Crippen LogP contribution in [0.15, 0.2) is 17.4 Å². The predicted octanol–water partition coefficient (Wildman–Crippen LogP) is 1.71. The molecule has 1 aromatic rings. The van der Waals surface area contributed by atoms with Gasteiger partial charge in [-0.2, -0.15) is 0 Å². The summed E-state index contributed by atoms with van der Waals surface area (Å²) >= 11 is 0. The van der Waals surface area contributed by atoms with Crippen LogP contribution < -0.4 is 10.6 Å². The molecule has 0 unspecified atom stereocenters. The molecule has 1 aliphatic rings. The van der Waals surface area contributed by atoms with E-state index in [0.717, 1.165) is 19.4 Å². The molecule has 2 rings (SSSR count). The number of hydrogen-bond acceptors (Lipinski definition) is 6. The van der Waals surface area contributed by atoms with Crippen LogP contribution in [0.2, 0.25) is 0 Å². The minimum atomic E-state index is -0.498. The monoisotopic (exact) mass is 293 g/mol. The third-order valence-electron chi connectivity index (χ3n) is 3.82. The summed E-state index contributed by atoms with van der Waals surface area (Å²) in [7, 11) is 1.80. The summed E-state index contributed by atoms with van der Waals surface area (Å²) in [5, 5.41) is 22.7. The topological polar surface area (TPSA) is 118 Å². The van der Waals surface area contributed by atoms with Gasteiger partial charge in [-0.25, -0.2) is 4.98 Å². The third-order valence-corrected chi connectivity index (χ3v) is 3.82. The molecule has 8 heteroatoms. The summed E-state index contributed by atoms with van der Waals surface area (Å²) in [4.78, 5) is 16.7. The van der Waals surface area contributed by atoms with Crippen molar-refractivity contribution >= 4 is 17.3 Å². The molecule has 1 saturated carbocycles. The molecule has 1 aliphatic carbocycles. The smallest absolute Gasteiger partial charge is 0.312 e. The Kier molecular flexibility index (Phi) is 4.56. The van der Waals surface area contributed by atoms with Crippen LogP contribution in [0.4, 0.5) is 11.5 Å². The average Bonchev–Trinajstić information content (AvgIpc) is 2.98. The Morgan fingerprint density at radius 3 is 2.86 bits per heavy atom. The molecule has 1 aromatic heterocycles. The van der Waals surface area contributed by atoms with Crippen molar-refractivity contribution in [1.29, 1.82) is 0 Å². The number of nitrogens with two attached hydrogens (primary N) is 1. The minimum Gasteiger partial charge on any atom is -0.409 e. The molecule has 1 heterocycles. The molecule has 3 N–H and O–H groups in total.